The van der Waals surface area contributed by atoms with Crippen molar-refractivity contribution < 1.29 is 13.5 Å². The minimum atomic E-state index is -1.52. The Kier molecular flexibility index (Phi) is 13.0. The van der Waals surface area contributed by atoms with Crippen molar-refractivity contribution in [3.05, 3.63) is 11.6 Å². The first kappa shape index (κ1) is 24.5. The average Bonchev–Trinajstić information content (AvgIpc) is 2.70. The maximum atomic E-state index is 5.53. The van der Waals surface area contributed by atoms with Crippen LogP contribution < -0.4 is 0 Å². The molecule has 3 saturated carbocycles. The summed E-state index contributed by atoms with van der Waals surface area (Å²) in [7, 11) is 11.4. The summed E-state index contributed by atoms with van der Waals surface area (Å²) in [6.07, 6.45) is 25.6. The molecule has 160 valence electrons. The Morgan fingerprint density at radius 2 is 1.00 bits per heavy atom. The van der Waals surface area contributed by atoms with Crippen molar-refractivity contribution in [1.29, 1.82) is 0 Å². The van der Waals surface area contributed by atoms with E-state index in [0.29, 0.717) is 7.92 Å². The SMILES string of the molecule is C1CCC(P(C2CCCCC2)C2CCCCC2)CC1.CC(C)=C[CH]=[Ru]([Cl])[Cl]. The first-order chi connectivity index (χ1) is 13.1. The fourth-order valence-electron chi connectivity index (χ4n) is 5.19. The Hall–Kier alpha value is 1.24. The van der Waals surface area contributed by atoms with Crippen molar-refractivity contribution in [2.24, 2.45) is 0 Å². The maximum absolute atomic E-state index is 5.53. The normalized spacial score (nSPS) is 23.4. The van der Waals surface area contributed by atoms with Gasteiger partial charge in [-0.05, 0) is 55.5 Å². The van der Waals surface area contributed by atoms with Crippen LogP contribution in [0.2, 0.25) is 0 Å². The molecular weight excluding hydrogens is 479 g/mol. The van der Waals surface area contributed by atoms with Gasteiger partial charge in [0.05, 0.1) is 0 Å². The Bertz CT molecular complexity index is 392. The van der Waals surface area contributed by atoms with E-state index in [1.165, 1.54) is 41.8 Å². The van der Waals surface area contributed by atoms with Crippen LogP contribution in [0.5, 0.6) is 0 Å². The van der Waals surface area contributed by atoms with Crippen molar-refractivity contribution in [2.45, 2.75) is 127 Å². The second-order valence-electron chi connectivity index (χ2n) is 8.89. The zero-order valence-electron chi connectivity index (χ0n) is 17.6. The third kappa shape index (κ3) is 9.73. The monoisotopic (exact) mass is 520 g/mol. The summed E-state index contributed by atoms with van der Waals surface area (Å²) in [6, 6.07) is 0. The molecule has 0 atom stereocenters. The van der Waals surface area contributed by atoms with Gasteiger partial charge in [0.2, 0.25) is 0 Å². The van der Waals surface area contributed by atoms with Crippen molar-refractivity contribution >= 4 is 31.9 Å². The minimum absolute atomic E-state index is 0.385. The van der Waals surface area contributed by atoms with Crippen molar-refractivity contribution in [3.63, 3.8) is 0 Å². The number of hydrogen-bond acceptors (Lipinski definition) is 0. The third-order valence-corrected chi connectivity index (χ3v) is 12.3. The van der Waals surface area contributed by atoms with Crippen LogP contribution in [0.1, 0.15) is 110 Å². The van der Waals surface area contributed by atoms with Gasteiger partial charge in [0.1, 0.15) is 0 Å². The van der Waals surface area contributed by atoms with Crippen molar-refractivity contribution in [1.82, 2.24) is 0 Å². The van der Waals surface area contributed by atoms with E-state index in [1.807, 2.05) is 24.5 Å². The Balaban J connectivity index is 0.000000279. The Morgan fingerprint density at radius 3 is 1.22 bits per heavy atom. The predicted molar refractivity (Wildman–Crippen MR) is 125 cm³/mol. The molecule has 0 aromatic rings. The van der Waals surface area contributed by atoms with Crippen LogP contribution in [0.4, 0.5) is 0 Å². The molecule has 0 aliphatic heterocycles. The molecule has 0 nitrogen and oxygen atoms in total. The number of rotatable bonds is 4. The van der Waals surface area contributed by atoms with E-state index < -0.39 is 13.5 Å². The zero-order chi connectivity index (χ0) is 19.5. The van der Waals surface area contributed by atoms with Crippen molar-refractivity contribution in [3.8, 4) is 0 Å². The number of allylic oxidation sites excluding steroid dienone is 2. The molecular formula is C23H41Cl2PRu. The van der Waals surface area contributed by atoms with Crippen LogP contribution in [0, 0.1) is 0 Å². The van der Waals surface area contributed by atoms with Gasteiger partial charge in [0, 0.05) is 0 Å². The first-order valence-corrected chi connectivity index (χ1v) is 18.3. The molecule has 0 saturated heterocycles. The van der Waals surface area contributed by atoms with E-state index >= 15 is 0 Å². The van der Waals surface area contributed by atoms with Crippen molar-refractivity contribution in [2.75, 3.05) is 0 Å². The summed E-state index contributed by atoms with van der Waals surface area (Å²) < 4.78 is 1.88. The first-order valence-electron chi connectivity index (χ1n) is 11.3. The van der Waals surface area contributed by atoms with Gasteiger partial charge in [-0.25, -0.2) is 0 Å². The molecule has 0 aromatic carbocycles. The molecule has 3 fully saturated rings. The van der Waals surface area contributed by atoms with E-state index in [2.05, 4.69) is 0 Å². The van der Waals surface area contributed by atoms with Gasteiger partial charge in [-0.1, -0.05) is 65.7 Å². The Morgan fingerprint density at radius 1 is 0.667 bits per heavy atom. The molecule has 0 radical (unpaired) electrons. The van der Waals surface area contributed by atoms with Gasteiger partial charge in [-0.15, -0.1) is 0 Å². The molecule has 0 amide bonds. The standard InChI is InChI=1S/C18H33P.C5H8.2ClH.Ru/c1-4-10-16(11-5-1)19(17-12-6-2-7-13-17)18-14-8-3-9-15-18;1-4-5(2)3;;;/h16-18H,1-15H2;1,4H,2-3H3;2*1H;/q;;;;+2/p-2. The second-order valence-corrected chi connectivity index (χ2v) is 17.8. The fourth-order valence-corrected chi connectivity index (χ4v) is 11.2. The van der Waals surface area contributed by atoms with Crippen LogP contribution >= 0.6 is 27.3 Å². The number of hydrogen-bond donors (Lipinski definition) is 0. The van der Waals surface area contributed by atoms with Gasteiger partial charge in [0.15, 0.2) is 0 Å². The van der Waals surface area contributed by atoms with Crippen LogP contribution in [-0.4, -0.2) is 21.6 Å². The summed E-state index contributed by atoms with van der Waals surface area (Å²) in [5, 5.41) is 0. The molecule has 0 bridgehead atoms. The topological polar surface area (TPSA) is 0 Å². The molecule has 3 aliphatic carbocycles. The van der Waals surface area contributed by atoms with Crippen LogP contribution in [-0.2, 0) is 13.5 Å². The zero-order valence-corrected chi connectivity index (χ0v) is 21.7. The second kappa shape index (κ2) is 14.3. The predicted octanol–water partition coefficient (Wildman–Crippen LogP) is 9.15. The molecule has 4 heteroatoms. The number of halogens is 2. The van der Waals surface area contributed by atoms with Crippen LogP contribution in [0.15, 0.2) is 11.6 Å². The Labute approximate surface area is 183 Å². The van der Waals surface area contributed by atoms with E-state index in [1.54, 1.807) is 77.0 Å². The summed E-state index contributed by atoms with van der Waals surface area (Å²) in [5.41, 5.74) is 4.81. The summed E-state index contributed by atoms with van der Waals surface area (Å²) >= 11 is -1.52. The van der Waals surface area contributed by atoms with Gasteiger partial charge in [-0.2, -0.15) is 0 Å². The van der Waals surface area contributed by atoms with Gasteiger partial charge < -0.3 is 0 Å². The van der Waals surface area contributed by atoms with Crippen LogP contribution in [0.25, 0.3) is 0 Å². The molecule has 0 heterocycles. The van der Waals surface area contributed by atoms with E-state index in [-0.39, 0.29) is 0 Å². The van der Waals surface area contributed by atoms with Crippen LogP contribution in [0.3, 0.4) is 0 Å². The molecule has 27 heavy (non-hydrogen) atoms. The molecule has 3 rings (SSSR count). The van der Waals surface area contributed by atoms with E-state index in [9.17, 15) is 0 Å². The molecule has 0 spiro atoms. The molecule has 3 aliphatic rings. The summed E-state index contributed by atoms with van der Waals surface area (Å²) in [4.78, 5) is 0. The third-order valence-electron chi connectivity index (χ3n) is 6.47. The molecule has 0 unspecified atom stereocenters. The summed E-state index contributed by atoms with van der Waals surface area (Å²) in [6.45, 7) is 4.03. The van der Waals surface area contributed by atoms with Gasteiger partial charge >= 0.3 is 63.0 Å². The molecule has 0 N–H and O–H groups in total. The van der Waals surface area contributed by atoms with Gasteiger partial charge in [-0.3, -0.25) is 0 Å². The molecule has 0 aromatic heterocycles. The van der Waals surface area contributed by atoms with Gasteiger partial charge in [0.25, 0.3) is 0 Å². The quantitative estimate of drug-likeness (QED) is 0.256. The fraction of sp³-hybridized carbons (Fsp3) is 0.870. The van der Waals surface area contributed by atoms with E-state index in [4.69, 9.17) is 19.4 Å². The average molecular weight is 521 g/mol. The summed E-state index contributed by atoms with van der Waals surface area (Å²) in [5.74, 6) is 0. The van der Waals surface area contributed by atoms with E-state index in [0.717, 1.165) is 0 Å².